The van der Waals surface area contributed by atoms with Crippen molar-refractivity contribution >= 4 is 0 Å². The number of oxazole rings is 1. The molecule has 0 saturated heterocycles. The Balaban J connectivity index is 2.51. The fourth-order valence-corrected chi connectivity index (χ4v) is 1.01. The van der Waals surface area contributed by atoms with Crippen LogP contribution in [0.2, 0.25) is 0 Å². The second-order valence-electron chi connectivity index (χ2n) is 2.50. The molecule has 0 unspecified atom stereocenters. The van der Waals surface area contributed by atoms with Gasteiger partial charge in [0.25, 0.3) is 0 Å². The molecule has 5 heteroatoms. The van der Waals surface area contributed by atoms with Crippen LogP contribution in [0.25, 0.3) is 11.3 Å². The maximum atomic E-state index is 13.2. The van der Waals surface area contributed by atoms with E-state index < -0.39 is 5.82 Å². The van der Waals surface area contributed by atoms with E-state index in [1.807, 2.05) is 0 Å². The Labute approximate surface area is 78.6 Å². The molecule has 0 aromatic carbocycles. The summed E-state index contributed by atoms with van der Waals surface area (Å²) in [5.74, 6) is -0.351. The van der Waals surface area contributed by atoms with Gasteiger partial charge in [-0.25, -0.2) is 9.37 Å². The van der Waals surface area contributed by atoms with Gasteiger partial charge in [-0.2, -0.15) is 5.26 Å². The van der Waals surface area contributed by atoms with Crippen LogP contribution < -0.4 is 0 Å². The molecule has 0 amide bonds. The molecular formula is C9H4FN3O. The summed E-state index contributed by atoms with van der Waals surface area (Å²) in [7, 11) is 0. The lowest BCUT2D eigenvalue weighted by Crippen LogP contribution is -1.82. The van der Waals surface area contributed by atoms with Gasteiger partial charge in [0.05, 0.1) is 11.8 Å². The van der Waals surface area contributed by atoms with E-state index in [9.17, 15) is 4.39 Å². The van der Waals surface area contributed by atoms with Crippen LogP contribution in [0.4, 0.5) is 4.39 Å². The highest BCUT2D eigenvalue weighted by atomic mass is 19.1. The van der Waals surface area contributed by atoms with Crippen molar-refractivity contribution in [3.63, 3.8) is 0 Å². The van der Waals surface area contributed by atoms with Gasteiger partial charge in [0.1, 0.15) is 5.82 Å². The van der Waals surface area contributed by atoms with E-state index in [0.29, 0.717) is 0 Å². The predicted molar refractivity (Wildman–Crippen MR) is 44.4 cm³/mol. The summed E-state index contributed by atoms with van der Waals surface area (Å²) in [6, 6.07) is 2.93. The fraction of sp³-hybridized carbons (Fsp3) is 0. The molecule has 0 atom stereocenters. The maximum Gasteiger partial charge on any atom is 0.301 e. The Bertz CT molecular complexity index is 501. The highest BCUT2D eigenvalue weighted by Crippen LogP contribution is 2.21. The molecule has 0 spiro atoms. The standard InChI is InChI=1S/C9H4FN3O/c10-7-1-2-12-4-6(7)8-5-13-9(3-11)14-8/h1-2,4-5H. The van der Waals surface area contributed by atoms with Crippen LogP contribution in [0.3, 0.4) is 0 Å². The molecule has 0 N–H and O–H groups in total. The number of nitrogens with zero attached hydrogens (tertiary/aromatic N) is 3. The Hall–Kier alpha value is -2.22. The first-order valence-corrected chi connectivity index (χ1v) is 3.77. The van der Waals surface area contributed by atoms with Crippen LogP contribution in [0.5, 0.6) is 0 Å². The van der Waals surface area contributed by atoms with Crippen LogP contribution >= 0.6 is 0 Å². The number of hydrogen-bond donors (Lipinski definition) is 0. The van der Waals surface area contributed by atoms with E-state index in [2.05, 4.69) is 9.97 Å². The molecule has 14 heavy (non-hydrogen) atoms. The average molecular weight is 189 g/mol. The summed E-state index contributed by atoms with van der Waals surface area (Å²) in [5.41, 5.74) is 0.196. The summed E-state index contributed by atoms with van der Waals surface area (Å²) < 4.78 is 18.1. The summed E-state index contributed by atoms with van der Waals surface area (Å²) in [4.78, 5) is 7.38. The molecule has 4 nitrogen and oxygen atoms in total. The van der Waals surface area contributed by atoms with Gasteiger partial charge in [-0.3, -0.25) is 4.98 Å². The third-order valence-electron chi connectivity index (χ3n) is 1.63. The molecule has 0 aliphatic rings. The van der Waals surface area contributed by atoms with Crippen LogP contribution in [-0.2, 0) is 0 Å². The first-order valence-electron chi connectivity index (χ1n) is 3.77. The number of pyridine rings is 1. The van der Waals surface area contributed by atoms with Gasteiger partial charge in [0, 0.05) is 12.4 Å². The Kier molecular flexibility index (Phi) is 1.95. The van der Waals surface area contributed by atoms with Crippen LogP contribution in [0.15, 0.2) is 29.1 Å². The third kappa shape index (κ3) is 1.33. The molecule has 0 aliphatic carbocycles. The topological polar surface area (TPSA) is 62.7 Å². The molecule has 0 saturated carbocycles. The molecular weight excluding hydrogens is 185 g/mol. The minimum absolute atomic E-state index is 0.0942. The lowest BCUT2D eigenvalue weighted by atomic mass is 10.2. The lowest BCUT2D eigenvalue weighted by Gasteiger charge is -1.95. The highest BCUT2D eigenvalue weighted by Gasteiger charge is 2.09. The minimum atomic E-state index is -0.458. The van der Waals surface area contributed by atoms with E-state index in [4.69, 9.17) is 9.68 Å². The number of rotatable bonds is 1. The predicted octanol–water partition coefficient (Wildman–Crippen LogP) is 1.75. The first kappa shape index (κ1) is 8.38. The van der Waals surface area contributed by atoms with Gasteiger partial charge in [-0.05, 0) is 6.07 Å². The van der Waals surface area contributed by atoms with E-state index in [1.165, 1.54) is 24.7 Å². The molecule has 0 fully saturated rings. The average Bonchev–Trinajstić information content (AvgIpc) is 2.67. The normalized spacial score (nSPS) is 9.71. The van der Waals surface area contributed by atoms with Crippen LogP contribution in [0, 0.1) is 17.1 Å². The van der Waals surface area contributed by atoms with Crippen molar-refractivity contribution < 1.29 is 8.81 Å². The second-order valence-corrected chi connectivity index (χ2v) is 2.50. The van der Waals surface area contributed by atoms with Crippen molar-refractivity contribution in [2.75, 3.05) is 0 Å². The largest absolute Gasteiger partial charge is 0.428 e. The molecule has 0 bridgehead atoms. The monoisotopic (exact) mass is 189 g/mol. The van der Waals surface area contributed by atoms with Crippen molar-refractivity contribution in [2.45, 2.75) is 0 Å². The Morgan fingerprint density at radius 2 is 2.29 bits per heavy atom. The molecule has 0 aliphatic heterocycles. The van der Waals surface area contributed by atoms with E-state index in [1.54, 1.807) is 6.07 Å². The molecule has 2 aromatic rings. The molecule has 2 rings (SSSR count). The highest BCUT2D eigenvalue weighted by molar-refractivity contribution is 5.55. The molecule has 68 valence electrons. The van der Waals surface area contributed by atoms with Crippen molar-refractivity contribution in [3.8, 4) is 17.4 Å². The molecule has 2 aromatic heterocycles. The van der Waals surface area contributed by atoms with E-state index in [-0.39, 0.29) is 17.2 Å². The van der Waals surface area contributed by atoms with E-state index >= 15 is 0 Å². The van der Waals surface area contributed by atoms with Crippen molar-refractivity contribution in [2.24, 2.45) is 0 Å². The molecule has 2 heterocycles. The van der Waals surface area contributed by atoms with Gasteiger partial charge in [-0.15, -0.1) is 0 Å². The van der Waals surface area contributed by atoms with Crippen LogP contribution in [0.1, 0.15) is 5.89 Å². The quantitative estimate of drug-likeness (QED) is 0.685. The Morgan fingerprint density at radius 1 is 1.43 bits per heavy atom. The minimum Gasteiger partial charge on any atom is -0.428 e. The van der Waals surface area contributed by atoms with Gasteiger partial charge in [-0.1, -0.05) is 0 Å². The summed E-state index contributed by atoms with van der Waals surface area (Å²) in [6.07, 6.45) is 3.94. The first-order chi connectivity index (χ1) is 6.81. The maximum absolute atomic E-state index is 13.2. The van der Waals surface area contributed by atoms with Crippen LogP contribution in [-0.4, -0.2) is 9.97 Å². The van der Waals surface area contributed by atoms with Crippen molar-refractivity contribution in [1.29, 1.82) is 5.26 Å². The van der Waals surface area contributed by atoms with Gasteiger partial charge in [0.15, 0.2) is 11.8 Å². The SMILES string of the molecule is N#Cc1ncc(-c2cnccc2F)o1. The van der Waals surface area contributed by atoms with Gasteiger partial charge in [0.2, 0.25) is 0 Å². The number of hydrogen-bond acceptors (Lipinski definition) is 4. The van der Waals surface area contributed by atoms with Gasteiger partial charge >= 0.3 is 5.89 Å². The number of halogens is 1. The van der Waals surface area contributed by atoms with Crippen molar-refractivity contribution in [3.05, 3.63) is 36.4 Å². The second kappa shape index (κ2) is 3.26. The zero-order valence-corrected chi connectivity index (χ0v) is 6.94. The van der Waals surface area contributed by atoms with Gasteiger partial charge < -0.3 is 4.42 Å². The number of nitriles is 1. The smallest absolute Gasteiger partial charge is 0.301 e. The summed E-state index contributed by atoms with van der Waals surface area (Å²) in [6.45, 7) is 0. The summed E-state index contributed by atoms with van der Waals surface area (Å²) >= 11 is 0. The third-order valence-corrected chi connectivity index (χ3v) is 1.63. The zero-order valence-electron chi connectivity index (χ0n) is 6.94. The Morgan fingerprint density at radius 3 is 2.93 bits per heavy atom. The summed E-state index contributed by atoms with van der Waals surface area (Å²) in [5, 5.41) is 8.45. The lowest BCUT2D eigenvalue weighted by molar-refractivity contribution is 0.546. The zero-order chi connectivity index (χ0) is 9.97. The van der Waals surface area contributed by atoms with Crippen molar-refractivity contribution in [1.82, 2.24) is 9.97 Å². The fourth-order valence-electron chi connectivity index (χ4n) is 1.01. The molecule has 0 radical (unpaired) electrons. The van der Waals surface area contributed by atoms with E-state index in [0.717, 1.165) is 0 Å². The number of aromatic nitrogens is 2.